The molecule has 0 saturated carbocycles. The minimum absolute atomic E-state index is 0.411. The molecule has 2 aliphatic heterocycles. The summed E-state index contributed by atoms with van der Waals surface area (Å²) in [6, 6.07) is 0.823. The van der Waals surface area contributed by atoms with Crippen LogP contribution in [0.4, 0.5) is 5.82 Å². The molecule has 2 fully saturated rings. The summed E-state index contributed by atoms with van der Waals surface area (Å²) in [5.74, 6) is 0.873. The van der Waals surface area contributed by atoms with Crippen LogP contribution < -0.4 is 4.90 Å². The van der Waals surface area contributed by atoms with E-state index in [2.05, 4.69) is 21.8 Å². The van der Waals surface area contributed by atoms with Crippen molar-refractivity contribution in [2.75, 3.05) is 4.90 Å². The Hall–Kier alpha value is -1.29. The highest BCUT2D eigenvalue weighted by Gasteiger charge is 2.40. The van der Waals surface area contributed by atoms with Gasteiger partial charge in [0.15, 0.2) is 5.82 Å². The molecule has 0 spiro atoms. The number of halogens is 1. The molecule has 19 heavy (non-hydrogen) atoms. The molecule has 0 amide bonds. The first-order valence-electron chi connectivity index (χ1n) is 6.84. The zero-order valence-electron chi connectivity index (χ0n) is 11.0. The summed E-state index contributed by atoms with van der Waals surface area (Å²) in [6.07, 6.45) is 7.81. The molecule has 4 nitrogen and oxygen atoms in total. The lowest BCUT2D eigenvalue weighted by molar-refractivity contribution is 0.444. The van der Waals surface area contributed by atoms with Crippen LogP contribution in [-0.4, -0.2) is 27.2 Å². The van der Waals surface area contributed by atoms with Crippen molar-refractivity contribution in [3.63, 3.8) is 0 Å². The maximum atomic E-state index is 9.22. The van der Waals surface area contributed by atoms with Gasteiger partial charge in [-0.25, -0.2) is 9.97 Å². The summed E-state index contributed by atoms with van der Waals surface area (Å²) >= 11 is 6.44. The van der Waals surface area contributed by atoms with E-state index in [0.717, 1.165) is 49.2 Å². The van der Waals surface area contributed by atoms with E-state index in [-0.39, 0.29) is 0 Å². The van der Waals surface area contributed by atoms with Crippen LogP contribution in [0, 0.1) is 0 Å². The summed E-state index contributed by atoms with van der Waals surface area (Å²) in [4.78, 5) is 11.0. The second-order valence-electron chi connectivity index (χ2n) is 5.30. The van der Waals surface area contributed by atoms with Crippen LogP contribution in [-0.2, 0) is 6.42 Å². The molecule has 0 aliphatic carbocycles. The SMILES string of the molecule is CCc1ncnc(N2[C@H]3CC[C@H]2CC(=CO)C3)c1Cl. The first-order valence-corrected chi connectivity index (χ1v) is 7.22. The van der Waals surface area contributed by atoms with Crippen LogP contribution in [0.5, 0.6) is 0 Å². The van der Waals surface area contributed by atoms with Gasteiger partial charge in [0.25, 0.3) is 0 Å². The minimum Gasteiger partial charge on any atom is -0.516 e. The van der Waals surface area contributed by atoms with E-state index >= 15 is 0 Å². The van der Waals surface area contributed by atoms with E-state index < -0.39 is 0 Å². The lowest BCUT2D eigenvalue weighted by atomic mass is 9.98. The third kappa shape index (κ3) is 2.08. The molecule has 0 aromatic carbocycles. The number of piperidine rings is 1. The van der Waals surface area contributed by atoms with Crippen LogP contribution in [0.2, 0.25) is 5.02 Å². The highest BCUT2D eigenvalue weighted by atomic mass is 35.5. The number of aliphatic hydroxyl groups is 1. The van der Waals surface area contributed by atoms with Crippen molar-refractivity contribution in [1.29, 1.82) is 0 Å². The van der Waals surface area contributed by atoms with Crippen LogP contribution in [0.3, 0.4) is 0 Å². The molecule has 1 aromatic rings. The zero-order chi connectivity index (χ0) is 13.4. The molecule has 3 rings (SSSR count). The Morgan fingerprint density at radius 1 is 1.37 bits per heavy atom. The standard InChI is InChI=1S/C14H18ClN3O/c1-2-12-13(15)14(17-8-16-12)18-10-3-4-11(18)6-9(5-10)7-19/h7-8,10-11,19H,2-6H2,1H3/t10-,11-/m0/s1. The Balaban J connectivity index is 1.96. The second kappa shape index (κ2) is 5.00. The predicted molar refractivity (Wildman–Crippen MR) is 75.7 cm³/mol. The Kier molecular flexibility index (Phi) is 3.35. The fraction of sp³-hybridized carbons (Fsp3) is 0.571. The Bertz CT molecular complexity index is 501. The molecule has 0 unspecified atom stereocenters. The molecule has 1 aromatic heterocycles. The van der Waals surface area contributed by atoms with Crippen molar-refractivity contribution in [2.45, 2.75) is 51.1 Å². The number of aryl methyl sites for hydroxylation is 1. The first-order chi connectivity index (χ1) is 9.24. The van der Waals surface area contributed by atoms with Gasteiger partial charge in [-0.2, -0.15) is 0 Å². The van der Waals surface area contributed by atoms with Gasteiger partial charge in [-0.3, -0.25) is 0 Å². The van der Waals surface area contributed by atoms with E-state index in [1.807, 2.05) is 0 Å². The lowest BCUT2D eigenvalue weighted by Crippen LogP contribution is -2.41. The van der Waals surface area contributed by atoms with Gasteiger partial charge in [0.05, 0.1) is 12.0 Å². The number of hydrogen-bond donors (Lipinski definition) is 1. The van der Waals surface area contributed by atoms with Crippen molar-refractivity contribution < 1.29 is 5.11 Å². The van der Waals surface area contributed by atoms with Gasteiger partial charge in [0.2, 0.25) is 0 Å². The maximum absolute atomic E-state index is 9.22. The van der Waals surface area contributed by atoms with Gasteiger partial charge in [0, 0.05) is 12.1 Å². The van der Waals surface area contributed by atoms with Gasteiger partial charge in [0.1, 0.15) is 11.3 Å². The normalized spacial score (nSPS) is 25.8. The molecule has 0 radical (unpaired) electrons. The summed E-state index contributed by atoms with van der Waals surface area (Å²) in [7, 11) is 0. The number of rotatable bonds is 2. The molecule has 2 bridgehead atoms. The predicted octanol–water partition coefficient (Wildman–Crippen LogP) is 3.27. The van der Waals surface area contributed by atoms with E-state index in [4.69, 9.17) is 11.6 Å². The van der Waals surface area contributed by atoms with E-state index in [0.29, 0.717) is 17.1 Å². The number of anilines is 1. The fourth-order valence-electron chi connectivity index (χ4n) is 3.32. The number of hydrogen-bond acceptors (Lipinski definition) is 4. The average molecular weight is 280 g/mol. The molecular weight excluding hydrogens is 262 g/mol. The molecule has 102 valence electrons. The monoisotopic (exact) mass is 279 g/mol. The molecule has 2 aliphatic rings. The Morgan fingerprint density at radius 3 is 2.63 bits per heavy atom. The third-order valence-corrected chi connectivity index (χ3v) is 4.61. The van der Waals surface area contributed by atoms with Crippen LogP contribution in [0.25, 0.3) is 0 Å². The van der Waals surface area contributed by atoms with E-state index in [1.54, 1.807) is 6.33 Å². The Morgan fingerprint density at radius 2 is 2.05 bits per heavy atom. The van der Waals surface area contributed by atoms with Gasteiger partial charge in [-0.1, -0.05) is 18.5 Å². The van der Waals surface area contributed by atoms with Gasteiger partial charge in [-0.15, -0.1) is 0 Å². The minimum atomic E-state index is 0.411. The van der Waals surface area contributed by atoms with E-state index in [9.17, 15) is 5.11 Å². The van der Waals surface area contributed by atoms with Crippen molar-refractivity contribution in [3.8, 4) is 0 Å². The van der Waals surface area contributed by atoms with Gasteiger partial charge in [-0.05, 0) is 37.7 Å². The number of nitrogens with zero attached hydrogens (tertiary/aromatic N) is 3. The lowest BCUT2D eigenvalue weighted by Gasteiger charge is -2.37. The third-order valence-electron chi connectivity index (χ3n) is 4.22. The quantitative estimate of drug-likeness (QED) is 0.844. The van der Waals surface area contributed by atoms with Gasteiger partial charge < -0.3 is 10.0 Å². The largest absolute Gasteiger partial charge is 0.516 e. The summed E-state index contributed by atoms with van der Waals surface area (Å²) < 4.78 is 0. The van der Waals surface area contributed by atoms with Crippen LogP contribution in [0.1, 0.15) is 38.3 Å². The van der Waals surface area contributed by atoms with Crippen molar-refractivity contribution >= 4 is 17.4 Å². The first kappa shape index (κ1) is 12.7. The number of aliphatic hydroxyl groups excluding tert-OH is 1. The smallest absolute Gasteiger partial charge is 0.151 e. The second-order valence-corrected chi connectivity index (χ2v) is 5.68. The van der Waals surface area contributed by atoms with Crippen molar-refractivity contribution in [3.05, 3.63) is 28.9 Å². The van der Waals surface area contributed by atoms with Crippen LogP contribution in [0.15, 0.2) is 18.2 Å². The molecule has 3 heterocycles. The number of fused-ring (bicyclic) bond motifs is 2. The topological polar surface area (TPSA) is 49.2 Å². The molecular formula is C14H18ClN3O. The summed E-state index contributed by atoms with van der Waals surface area (Å²) in [5, 5.41) is 9.91. The summed E-state index contributed by atoms with van der Waals surface area (Å²) in [5.41, 5.74) is 2.05. The molecule has 5 heteroatoms. The highest BCUT2D eigenvalue weighted by Crippen LogP contribution is 2.42. The number of aromatic nitrogens is 2. The van der Waals surface area contributed by atoms with Crippen LogP contribution >= 0.6 is 11.6 Å². The molecule has 1 N–H and O–H groups in total. The van der Waals surface area contributed by atoms with Crippen molar-refractivity contribution in [2.24, 2.45) is 0 Å². The maximum Gasteiger partial charge on any atom is 0.151 e. The zero-order valence-corrected chi connectivity index (χ0v) is 11.8. The Labute approximate surface area is 118 Å². The highest BCUT2D eigenvalue weighted by molar-refractivity contribution is 6.33. The molecule has 2 atom stereocenters. The molecule has 2 saturated heterocycles. The van der Waals surface area contributed by atoms with Gasteiger partial charge >= 0.3 is 0 Å². The van der Waals surface area contributed by atoms with Crippen molar-refractivity contribution in [1.82, 2.24) is 9.97 Å². The van der Waals surface area contributed by atoms with E-state index in [1.165, 1.54) is 6.26 Å². The fourth-order valence-corrected chi connectivity index (χ4v) is 3.65. The average Bonchev–Trinajstić information content (AvgIpc) is 2.69. The summed E-state index contributed by atoms with van der Waals surface area (Å²) in [6.45, 7) is 2.05.